The van der Waals surface area contributed by atoms with Gasteiger partial charge in [0.05, 0.1) is 11.4 Å². The predicted molar refractivity (Wildman–Crippen MR) is 56.8 cm³/mol. The van der Waals surface area contributed by atoms with Crippen LogP contribution in [0.3, 0.4) is 0 Å². The maximum absolute atomic E-state index is 11.6. The highest BCUT2D eigenvalue weighted by molar-refractivity contribution is 5.95. The molecule has 0 saturated carbocycles. The summed E-state index contributed by atoms with van der Waals surface area (Å²) in [6, 6.07) is 3.56. The van der Waals surface area contributed by atoms with Gasteiger partial charge in [-0.2, -0.15) is 0 Å². The second-order valence-corrected chi connectivity index (χ2v) is 4.20. The molecule has 1 aromatic rings. The summed E-state index contributed by atoms with van der Waals surface area (Å²) in [5.41, 5.74) is 0.861. The minimum Gasteiger partial charge on any atom is -0.324 e. The fraction of sp³-hybridized carbons (Fsp3) is 0.364. The monoisotopic (exact) mass is 191 g/mol. The van der Waals surface area contributed by atoms with Gasteiger partial charge in [-0.25, -0.2) is 0 Å². The molecular weight excluding hydrogens is 176 g/mol. The van der Waals surface area contributed by atoms with Crippen molar-refractivity contribution in [3.8, 4) is 0 Å². The molecule has 3 heteroatoms. The molecule has 1 radical (unpaired) electrons. The molecule has 1 rings (SSSR count). The van der Waals surface area contributed by atoms with E-state index in [0.717, 1.165) is 0 Å². The molecule has 1 aromatic heterocycles. The second-order valence-electron chi connectivity index (χ2n) is 4.20. The van der Waals surface area contributed by atoms with Crippen molar-refractivity contribution in [2.24, 2.45) is 5.41 Å². The van der Waals surface area contributed by atoms with Gasteiger partial charge in [-0.15, -0.1) is 0 Å². The molecule has 75 valence electrons. The van der Waals surface area contributed by atoms with Gasteiger partial charge in [0.15, 0.2) is 0 Å². The average molecular weight is 191 g/mol. The zero-order valence-electron chi connectivity index (χ0n) is 8.79. The van der Waals surface area contributed by atoms with Gasteiger partial charge < -0.3 is 5.32 Å². The molecule has 0 aliphatic heterocycles. The van der Waals surface area contributed by atoms with E-state index in [9.17, 15) is 4.79 Å². The lowest BCUT2D eigenvalue weighted by atomic mass is 9.95. The lowest BCUT2D eigenvalue weighted by Gasteiger charge is -2.18. The van der Waals surface area contributed by atoms with Crippen LogP contribution in [0, 0.1) is 12.3 Å². The third-order valence-corrected chi connectivity index (χ3v) is 1.82. The van der Waals surface area contributed by atoms with E-state index in [1.807, 2.05) is 20.8 Å². The number of hydrogen-bond acceptors (Lipinski definition) is 2. The molecule has 14 heavy (non-hydrogen) atoms. The number of anilines is 1. The Kier molecular flexibility index (Phi) is 2.89. The van der Waals surface area contributed by atoms with Crippen molar-refractivity contribution >= 4 is 11.6 Å². The minimum absolute atomic E-state index is 0.0320. The van der Waals surface area contributed by atoms with E-state index in [1.165, 1.54) is 0 Å². The first-order valence-corrected chi connectivity index (χ1v) is 4.49. The zero-order chi connectivity index (χ0) is 10.8. The quantitative estimate of drug-likeness (QED) is 0.739. The average Bonchev–Trinajstić information content (AvgIpc) is 2.07. The molecule has 1 N–H and O–H groups in total. The molecule has 3 nitrogen and oxygen atoms in total. The van der Waals surface area contributed by atoms with Crippen molar-refractivity contribution in [1.82, 2.24) is 4.98 Å². The SMILES string of the molecule is [CH2]c1ncccc1NC(=O)C(C)(C)C. The van der Waals surface area contributed by atoms with Crippen molar-refractivity contribution < 1.29 is 4.79 Å². The summed E-state index contributed by atoms with van der Waals surface area (Å²) >= 11 is 0. The summed E-state index contributed by atoms with van der Waals surface area (Å²) in [4.78, 5) is 15.6. The standard InChI is InChI=1S/C11H15N2O/c1-8-9(6-5-7-12-8)13-10(14)11(2,3)4/h5-7H,1H2,2-4H3,(H,13,14). The van der Waals surface area contributed by atoms with Gasteiger partial charge in [-0.3, -0.25) is 9.78 Å². The molecule has 1 amide bonds. The van der Waals surface area contributed by atoms with Crippen LogP contribution in [0.2, 0.25) is 0 Å². The summed E-state index contributed by atoms with van der Waals surface area (Å²) in [7, 11) is 0. The van der Waals surface area contributed by atoms with Gasteiger partial charge in [0.2, 0.25) is 5.91 Å². The van der Waals surface area contributed by atoms with Crippen LogP contribution in [0.5, 0.6) is 0 Å². The van der Waals surface area contributed by atoms with Crippen LogP contribution in [0.25, 0.3) is 0 Å². The molecule has 0 unspecified atom stereocenters. The largest absolute Gasteiger partial charge is 0.324 e. The van der Waals surface area contributed by atoms with Crippen LogP contribution < -0.4 is 5.32 Å². The molecular formula is C11H15N2O. The van der Waals surface area contributed by atoms with Gasteiger partial charge in [0, 0.05) is 11.6 Å². The highest BCUT2D eigenvalue weighted by Gasteiger charge is 2.21. The number of amides is 1. The van der Waals surface area contributed by atoms with Crippen LogP contribution in [0.4, 0.5) is 5.69 Å². The van der Waals surface area contributed by atoms with Crippen molar-refractivity contribution in [2.75, 3.05) is 5.32 Å². The molecule has 0 bridgehead atoms. The van der Waals surface area contributed by atoms with Gasteiger partial charge in [-0.05, 0) is 19.1 Å². The Morgan fingerprint density at radius 1 is 1.50 bits per heavy atom. The fourth-order valence-electron chi connectivity index (χ4n) is 0.862. The summed E-state index contributed by atoms with van der Waals surface area (Å²) in [5.74, 6) is -0.0320. The molecule has 0 fully saturated rings. The first kappa shape index (κ1) is 10.7. The first-order chi connectivity index (χ1) is 6.41. The molecule has 0 saturated heterocycles. The summed E-state index contributed by atoms with van der Waals surface area (Å²) in [6.45, 7) is 9.32. The van der Waals surface area contributed by atoms with Gasteiger partial charge >= 0.3 is 0 Å². The number of nitrogens with one attached hydrogen (secondary N) is 1. The Balaban J connectivity index is 2.80. The van der Waals surface area contributed by atoms with Crippen molar-refractivity contribution in [1.29, 1.82) is 0 Å². The van der Waals surface area contributed by atoms with E-state index in [1.54, 1.807) is 18.3 Å². The van der Waals surface area contributed by atoms with Crippen LogP contribution in [-0.4, -0.2) is 10.9 Å². The molecule has 0 aliphatic carbocycles. The normalized spacial score (nSPS) is 11.1. The lowest BCUT2D eigenvalue weighted by molar-refractivity contribution is -0.123. The summed E-state index contributed by atoms with van der Waals surface area (Å²) < 4.78 is 0. The molecule has 0 aliphatic rings. The number of rotatable bonds is 1. The molecule has 0 aromatic carbocycles. The Morgan fingerprint density at radius 2 is 2.14 bits per heavy atom. The first-order valence-electron chi connectivity index (χ1n) is 4.49. The van der Waals surface area contributed by atoms with Crippen LogP contribution in [0.1, 0.15) is 26.5 Å². The molecule has 1 heterocycles. The van der Waals surface area contributed by atoms with Crippen molar-refractivity contribution in [3.05, 3.63) is 30.9 Å². The van der Waals surface area contributed by atoms with Gasteiger partial charge in [-0.1, -0.05) is 20.8 Å². The fourth-order valence-corrected chi connectivity index (χ4v) is 0.862. The zero-order valence-corrected chi connectivity index (χ0v) is 8.79. The number of carbonyl (C=O) groups is 1. The Labute approximate surface area is 84.6 Å². The topological polar surface area (TPSA) is 42.0 Å². The van der Waals surface area contributed by atoms with Crippen LogP contribution >= 0.6 is 0 Å². The van der Waals surface area contributed by atoms with Crippen molar-refractivity contribution in [2.45, 2.75) is 20.8 Å². The van der Waals surface area contributed by atoms with E-state index < -0.39 is 5.41 Å². The van der Waals surface area contributed by atoms with E-state index in [-0.39, 0.29) is 5.91 Å². The maximum Gasteiger partial charge on any atom is 0.229 e. The summed E-state index contributed by atoms with van der Waals surface area (Å²) in [5, 5.41) is 2.79. The Morgan fingerprint density at radius 3 is 2.64 bits per heavy atom. The van der Waals surface area contributed by atoms with E-state index >= 15 is 0 Å². The Bertz CT molecular complexity index is 339. The number of nitrogens with zero attached hydrogens (tertiary/aromatic N) is 1. The maximum atomic E-state index is 11.6. The molecule has 0 atom stereocenters. The summed E-state index contributed by atoms with van der Waals surface area (Å²) in [6.07, 6.45) is 1.65. The van der Waals surface area contributed by atoms with Crippen LogP contribution in [0.15, 0.2) is 18.3 Å². The third kappa shape index (κ3) is 2.55. The Hall–Kier alpha value is -1.38. The number of carbonyl (C=O) groups excluding carboxylic acids is 1. The third-order valence-electron chi connectivity index (χ3n) is 1.82. The minimum atomic E-state index is -0.401. The highest BCUT2D eigenvalue weighted by atomic mass is 16.2. The smallest absolute Gasteiger partial charge is 0.229 e. The van der Waals surface area contributed by atoms with Crippen molar-refractivity contribution in [3.63, 3.8) is 0 Å². The predicted octanol–water partition coefficient (Wildman–Crippen LogP) is 2.25. The number of aromatic nitrogens is 1. The van der Waals surface area contributed by atoms with E-state index in [0.29, 0.717) is 11.4 Å². The van der Waals surface area contributed by atoms with Gasteiger partial charge in [0.25, 0.3) is 0 Å². The molecule has 0 spiro atoms. The number of pyridine rings is 1. The second kappa shape index (κ2) is 3.78. The van der Waals surface area contributed by atoms with E-state index in [4.69, 9.17) is 0 Å². The van der Waals surface area contributed by atoms with Gasteiger partial charge in [0.1, 0.15) is 0 Å². The lowest BCUT2D eigenvalue weighted by Crippen LogP contribution is -2.28. The number of hydrogen-bond donors (Lipinski definition) is 1. The van der Waals surface area contributed by atoms with Crippen LogP contribution in [-0.2, 0) is 4.79 Å². The van der Waals surface area contributed by atoms with E-state index in [2.05, 4.69) is 17.2 Å². The highest BCUT2D eigenvalue weighted by Crippen LogP contribution is 2.18.